The normalized spacial score (nSPS) is 22.2. The van der Waals surface area contributed by atoms with E-state index in [4.69, 9.17) is 9.31 Å². The third kappa shape index (κ3) is 4.36. The number of fused-ring (bicyclic) bond motifs is 1. The van der Waals surface area contributed by atoms with E-state index in [2.05, 4.69) is 10.1 Å². The quantitative estimate of drug-likeness (QED) is 0.511. The van der Waals surface area contributed by atoms with E-state index in [1.165, 1.54) is 17.1 Å². The molecule has 1 amide bonds. The maximum Gasteiger partial charge on any atom is 0.494 e. The number of amides is 1. The molecule has 0 unspecified atom stereocenters. The number of aromatic nitrogens is 4. The predicted octanol–water partition coefficient (Wildman–Crippen LogP) is 1.64. The van der Waals surface area contributed by atoms with Crippen molar-refractivity contribution in [3.8, 4) is 5.69 Å². The summed E-state index contributed by atoms with van der Waals surface area (Å²) in [5, 5.41) is 16.0. The number of hydrogen-bond acceptors (Lipinski definition) is 7. The van der Waals surface area contributed by atoms with Gasteiger partial charge >= 0.3 is 7.12 Å². The average Bonchev–Trinajstić information content (AvgIpc) is 3.59. The fourth-order valence-corrected chi connectivity index (χ4v) is 5.21. The van der Waals surface area contributed by atoms with Gasteiger partial charge in [0.1, 0.15) is 11.7 Å². The van der Waals surface area contributed by atoms with Crippen LogP contribution in [0, 0.1) is 5.92 Å². The van der Waals surface area contributed by atoms with Gasteiger partial charge in [0, 0.05) is 19.0 Å². The van der Waals surface area contributed by atoms with Gasteiger partial charge in [-0.1, -0.05) is 12.1 Å². The molecule has 38 heavy (non-hydrogen) atoms. The number of nitrogens with zero attached hydrogens (tertiary/aromatic N) is 5. The van der Waals surface area contributed by atoms with E-state index in [1.54, 1.807) is 4.68 Å². The lowest BCUT2D eigenvalue weighted by atomic mass is 9.79. The topological polar surface area (TPSA) is 112 Å². The van der Waals surface area contributed by atoms with Crippen molar-refractivity contribution in [3.63, 3.8) is 0 Å². The Bertz CT molecular complexity index is 1420. The van der Waals surface area contributed by atoms with Crippen molar-refractivity contribution in [3.05, 3.63) is 47.1 Å². The van der Waals surface area contributed by atoms with E-state index in [9.17, 15) is 14.7 Å². The smallest absolute Gasteiger partial charge is 0.399 e. The number of aliphatic hydroxyl groups is 1. The minimum Gasteiger partial charge on any atom is -0.399 e. The number of benzene rings is 1. The molecule has 0 spiro atoms. The van der Waals surface area contributed by atoms with E-state index >= 15 is 0 Å². The van der Waals surface area contributed by atoms with Crippen molar-refractivity contribution in [2.24, 2.45) is 5.92 Å². The van der Waals surface area contributed by atoms with Gasteiger partial charge in [-0.15, -0.1) is 0 Å². The summed E-state index contributed by atoms with van der Waals surface area (Å²) < 4.78 is 15.4. The second kappa shape index (κ2) is 8.76. The Morgan fingerprint density at radius 3 is 2.32 bits per heavy atom. The molecule has 4 heterocycles. The van der Waals surface area contributed by atoms with Gasteiger partial charge in [0.2, 0.25) is 5.91 Å². The Labute approximate surface area is 221 Å². The van der Waals surface area contributed by atoms with Crippen molar-refractivity contribution in [1.82, 2.24) is 24.2 Å². The van der Waals surface area contributed by atoms with Gasteiger partial charge < -0.3 is 19.3 Å². The Balaban J connectivity index is 1.18. The number of likely N-dealkylation sites (tertiary alicyclic amines) is 1. The highest BCUT2D eigenvalue weighted by molar-refractivity contribution is 6.62. The van der Waals surface area contributed by atoms with E-state index in [-0.39, 0.29) is 23.9 Å². The molecule has 11 heteroatoms. The first kappa shape index (κ1) is 25.3. The summed E-state index contributed by atoms with van der Waals surface area (Å²) in [6.07, 6.45) is 5.80. The molecule has 1 aliphatic carbocycles. The lowest BCUT2D eigenvalue weighted by Gasteiger charge is -2.38. The van der Waals surface area contributed by atoms with Gasteiger partial charge in [0.05, 0.1) is 35.2 Å². The van der Waals surface area contributed by atoms with Gasteiger partial charge in [0.25, 0.3) is 5.56 Å². The van der Waals surface area contributed by atoms with Crippen LogP contribution >= 0.6 is 0 Å². The van der Waals surface area contributed by atoms with Crippen LogP contribution in [0.2, 0.25) is 0 Å². The van der Waals surface area contributed by atoms with E-state index in [0.717, 1.165) is 24.0 Å². The molecule has 1 saturated carbocycles. The molecule has 0 radical (unpaired) electrons. The molecule has 3 aliphatic rings. The largest absolute Gasteiger partial charge is 0.494 e. The number of piperidine rings is 1. The number of rotatable bonds is 5. The zero-order valence-electron chi connectivity index (χ0n) is 22.4. The van der Waals surface area contributed by atoms with Crippen LogP contribution in [0.25, 0.3) is 16.7 Å². The van der Waals surface area contributed by atoms with Crippen LogP contribution in [0.15, 0.2) is 41.6 Å². The summed E-state index contributed by atoms with van der Waals surface area (Å²) in [7, 11) is -0.460. The van der Waals surface area contributed by atoms with Crippen molar-refractivity contribution in [2.45, 2.75) is 76.7 Å². The summed E-state index contributed by atoms with van der Waals surface area (Å²) >= 11 is 0. The standard InChI is InChI=1S/C27H34BN5O5/c1-25(2)26(3,4)38-28(37-25)19-7-9-20(10-8-19)33-22-21(15-30-33)24(35)32(17-29-22)16-27(36)11-13-31(14-12-27)23(34)18-5-6-18/h7-10,15,17-18,36H,5-6,11-14,16H2,1-4H3. The molecule has 2 aromatic heterocycles. The van der Waals surface area contributed by atoms with Crippen LogP contribution < -0.4 is 11.0 Å². The van der Waals surface area contributed by atoms with Crippen LogP contribution in [0.5, 0.6) is 0 Å². The van der Waals surface area contributed by atoms with Gasteiger partial charge in [-0.25, -0.2) is 9.67 Å². The summed E-state index contributed by atoms with van der Waals surface area (Å²) in [6.45, 7) is 9.24. The molecule has 2 aliphatic heterocycles. The monoisotopic (exact) mass is 519 g/mol. The van der Waals surface area contributed by atoms with Gasteiger partial charge in [0.15, 0.2) is 5.65 Å². The molecular weight excluding hydrogens is 485 g/mol. The maximum absolute atomic E-state index is 13.3. The molecule has 10 nitrogen and oxygen atoms in total. The third-order valence-electron chi connectivity index (χ3n) is 8.61. The van der Waals surface area contributed by atoms with Crippen LogP contribution in [0.4, 0.5) is 0 Å². The van der Waals surface area contributed by atoms with E-state index in [1.807, 2.05) is 56.9 Å². The fraction of sp³-hybridized carbons (Fsp3) is 0.556. The average molecular weight is 519 g/mol. The molecule has 200 valence electrons. The van der Waals surface area contributed by atoms with Crippen molar-refractivity contribution < 1.29 is 19.2 Å². The molecular formula is C27H34BN5O5. The summed E-state index contributed by atoms with van der Waals surface area (Å²) in [4.78, 5) is 32.0. The highest BCUT2D eigenvalue weighted by atomic mass is 16.7. The molecule has 6 rings (SSSR count). The number of hydrogen-bond donors (Lipinski definition) is 1. The summed E-state index contributed by atoms with van der Waals surface area (Å²) in [5.41, 5.74) is -0.0358. The number of carbonyl (C=O) groups excluding carboxylic acids is 1. The SMILES string of the molecule is CC1(C)OB(c2ccc(-n3ncc4c(=O)n(CC5(O)CCN(C(=O)C6CC6)CC5)cnc43)cc2)OC1(C)C. The van der Waals surface area contributed by atoms with Crippen LogP contribution in [0.3, 0.4) is 0 Å². The van der Waals surface area contributed by atoms with Gasteiger partial charge in [-0.05, 0) is 71.0 Å². The van der Waals surface area contributed by atoms with Crippen LogP contribution in [-0.2, 0) is 20.6 Å². The Morgan fingerprint density at radius 2 is 1.71 bits per heavy atom. The Hall–Kier alpha value is -3.02. The van der Waals surface area contributed by atoms with E-state index < -0.39 is 23.9 Å². The molecule has 1 N–H and O–H groups in total. The van der Waals surface area contributed by atoms with Crippen LogP contribution in [-0.4, -0.2) is 72.3 Å². The minimum absolute atomic E-state index is 0.133. The fourth-order valence-electron chi connectivity index (χ4n) is 5.21. The van der Waals surface area contributed by atoms with E-state index in [0.29, 0.717) is 37.0 Å². The van der Waals surface area contributed by atoms with Crippen molar-refractivity contribution in [1.29, 1.82) is 0 Å². The number of carbonyl (C=O) groups is 1. The predicted molar refractivity (Wildman–Crippen MR) is 142 cm³/mol. The second-order valence-electron chi connectivity index (χ2n) is 12.0. The lowest BCUT2D eigenvalue weighted by Crippen LogP contribution is -2.50. The maximum atomic E-state index is 13.3. The summed E-state index contributed by atoms with van der Waals surface area (Å²) in [5.74, 6) is 0.371. The second-order valence-corrected chi connectivity index (χ2v) is 12.0. The Morgan fingerprint density at radius 1 is 1.08 bits per heavy atom. The molecule has 1 aromatic carbocycles. The molecule has 3 aromatic rings. The Kier molecular flexibility index (Phi) is 5.82. The first-order valence-electron chi connectivity index (χ1n) is 13.4. The van der Waals surface area contributed by atoms with Crippen LogP contribution in [0.1, 0.15) is 53.4 Å². The van der Waals surface area contributed by atoms with Crippen molar-refractivity contribution >= 4 is 29.5 Å². The molecule has 0 atom stereocenters. The van der Waals surface area contributed by atoms with Gasteiger partial charge in [-0.2, -0.15) is 5.10 Å². The van der Waals surface area contributed by atoms with Gasteiger partial charge in [-0.3, -0.25) is 14.2 Å². The third-order valence-corrected chi connectivity index (χ3v) is 8.61. The lowest BCUT2D eigenvalue weighted by molar-refractivity contribution is -0.137. The minimum atomic E-state index is -1.06. The summed E-state index contributed by atoms with van der Waals surface area (Å²) in [6, 6.07) is 7.67. The highest BCUT2D eigenvalue weighted by Gasteiger charge is 2.51. The molecule has 2 saturated heterocycles. The molecule has 3 fully saturated rings. The first-order chi connectivity index (χ1) is 18.0. The first-order valence-corrected chi connectivity index (χ1v) is 13.4. The highest BCUT2D eigenvalue weighted by Crippen LogP contribution is 2.36. The zero-order valence-corrected chi connectivity index (χ0v) is 22.4. The van der Waals surface area contributed by atoms with Crippen molar-refractivity contribution in [2.75, 3.05) is 13.1 Å². The zero-order chi connectivity index (χ0) is 26.9. The molecule has 0 bridgehead atoms.